The van der Waals surface area contributed by atoms with Gasteiger partial charge in [0, 0.05) is 11.8 Å². The summed E-state index contributed by atoms with van der Waals surface area (Å²) < 4.78 is 0. The first-order valence-electron chi connectivity index (χ1n) is 3.80. The zero-order valence-corrected chi connectivity index (χ0v) is 8.96. The molecule has 0 fully saturated rings. The highest BCUT2D eigenvalue weighted by Gasteiger charge is 1.94. The number of nitrogens with zero attached hydrogens (tertiary/aromatic N) is 2. The second-order valence-electron chi connectivity index (χ2n) is 2.47. The van der Waals surface area contributed by atoms with E-state index >= 15 is 0 Å². The van der Waals surface area contributed by atoms with Gasteiger partial charge in [-0.1, -0.05) is 30.3 Å². The van der Waals surface area contributed by atoms with Crippen molar-refractivity contribution in [3.63, 3.8) is 0 Å². The minimum atomic E-state index is 0. The molecule has 14 heavy (non-hydrogen) atoms. The molecule has 0 saturated heterocycles. The molecule has 0 amide bonds. The van der Waals surface area contributed by atoms with Crippen molar-refractivity contribution in [2.75, 3.05) is 0 Å². The van der Waals surface area contributed by atoms with Gasteiger partial charge in [-0.15, -0.1) is 24.8 Å². The fourth-order valence-corrected chi connectivity index (χ4v) is 1.06. The van der Waals surface area contributed by atoms with Gasteiger partial charge in [0.25, 0.3) is 0 Å². The average Bonchev–Trinajstić information content (AvgIpc) is 2.21. The quantitative estimate of drug-likeness (QED) is 0.751. The molecule has 1 heterocycles. The number of aromatic nitrogens is 2. The number of halogens is 2. The van der Waals surface area contributed by atoms with Crippen LogP contribution >= 0.6 is 24.8 Å². The monoisotopic (exact) mass is 228 g/mol. The topological polar surface area (TPSA) is 25.8 Å². The largest absolute Gasteiger partial charge is 0.159 e. The maximum atomic E-state index is 4.00. The van der Waals surface area contributed by atoms with Crippen molar-refractivity contribution < 1.29 is 0 Å². The van der Waals surface area contributed by atoms with E-state index in [1.165, 1.54) is 0 Å². The molecule has 0 unspecified atom stereocenters. The van der Waals surface area contributed by atoms with Gasteiger partial charge < -0.3 is 0 Å². The SMILES string of the molecule is Cl.Cl.c1ccc(-c2cccnn2)cc1. The van der Waals surface area contributed by atoms with Crippen LogP contribution in [0.2, 0.25) is 0 Å². The molecule has 0 radical (unpaired) electrons. The van der Waals surface area contributed by atoms with E-state index in [2.05, 4.69) is 10.2 Å². The van der Waals surface area contributed by atoms with Crippen LogP contribution in [0.3, 0.4) is 0 Å². The van der Waals surface area contributed by atoms with Crippen LogP contribution in [0.4, 0.5) is 0 Å². The standard InChI is InChI=1S/C10H8N2.2ClH/c1-2-5-9(6-3-1)10-7-4-8-11-12-10;;/h1-8H;2*1H. The second-order valence-corrected chi connectivity index (χ2v) is 2.47. The van der Waals surface area contributed by atoms with E-state index in [0.29, 0.717) is 0 Å². The van der Waals surface area contributed by atoms with Gasteiger partial charge in [0.2, 0.25) is 0 Å². The normalized spacial score (nSPS) is 8.29. The Morgan fingerprint density at radius 1 is 0.786 bits per heavy atom. The fourth-order valence-electron chi connectivity index (χ4n) is 1.06. The molecule has 1 aromatic carbocycles. The van der Waals surface area contributed by atoms with E-state index in [0.717, 1.165) is 11.3 Å². The molecule has 1 aromatic heterocycles. The van der Waals surface area contributed by atoms with Crippen LogP contribution in [0.15, 0.2) is 48.7 Å². The predicted molar refractivity (Wildman–Crippen MR) is 62.0 cm³/mol. The fraction of sp³-hybridized carbons (Fsp3) is 0. The Kier molecular flexibility index (Phi) is 5.84. The van der Waals surface area contributed by atoms with Crippen LogP contribution in [-0.4, -0.2) is 10.2 Å². The first-order valence-corrected chi connectivity index (χ1v) is 3.80. The van der Waals surface area contributed by atoms with Gasteiger partial charge in [0.05, 0.1) is 5.69 Å². The first kappa shape index (κ1) is 12.9. The van der Waals surface area contributed by atoms with E-state index in [9.17, 15) is 0 Å². The van der Waals surface area contributed by atoms with Crippen molar-refractivity contribution in [3.8, 4) is 11.3 Å². The molecule has 0 saturated carbocycles. The summed E-state index contributed by atoms with van der Waals surface area (Å²) >= 11 is 0. The van der Waals surface area contributed by atoms with Gasteiger partial charge in [0.15, 0.2) is 0 Å². The third kappa shape index (κ3) is 2.98. The molecule has 2 nitrogen and oxygen atoms in total. The van der Waals surface area contributed by atoms with Crippen molar-refractivity contribution in [2.45, 2.75) is 0 Å². The third-order valence-corrected chi connectivity index (χ3v) is 1.64. The molecule has 74 valence electrons. The smallest absolute Gasteiger partial charge is 0.0929 e. The van der Waals surface area contributed by atoms with E-state index in [1.54, 1.807) is 6.20 Å². The van der Waals surface area contributed by atoms with Crippen LogP contribution in [0.1, 0.15) is 0 Å². The Morgan fingerprint density at radius 2 is 1.50 bits per heavy atom. The molecule has 0 N–H and O–H groups in total. The zero-order chi connectivity index (χ0) is 8.23. The summed E-state index contributed by atoms with van der Waals surface area (Å²) in [5.74, 6) is 0. The second kappa shape index (κ2) is 6.35. The average molecular weight is 229 g/mol. The maximum absolute atomic E-state index is 4.00. The number of hydrogen-bond donors (Lipinski definition) is 0. The molecule has 0 atom stereocenters. The molecule has 2 aromatic rings. The summed E-state index contributed by atoms with van der Waals surface area (Å²) in [4.78, 5) is 0. The summed E-state index contributed by atoms with van der Waals surface area (Å²) in [6.45, 7) is 0. The van der Waals surface area contributed by atoms with Gasteiger partial charge in [-0.3, -0.25) is 0 Å². The summed E-state index contributed by atoms with van der Waals surface area (Å²) in [6.07, 6.45) is 1.67. The van der Waals surface area contributed by atoms with Crippen LogP contribution in [-0.2, 0) is 0 Å². The summed E-state index contributed by atoms with van der Waals surface area (Å²) in [6, 6.07) is 13.8. The van der Waals surface area contributed by atoms with Gasteiger partial charge in [-0.2, -0.15) is 10.2 Å². The van der Waals surface area contributed by atoms with Gasteiger partial charge in [0.1, 0.15) is 0 Å². The van der Waals surface area contributed by atoms with E-state index < -0.39 is 0 Å². The van der Waals surface area contributed by atoms with Gasteiger partial charge in [-0.05, 0) is 12.1 Å². The molecule has 0 aliphatic carbocycles. The van der Waals surface area contributed by atoms with Crippen molar-refractivity contribution in [1.82, 2.24) is 10.2 Å². The Hall–Kier alpha value is -1.12. The van der Waals surface area contributed by atoms with Crippen molar-refractivity contribution in [2.24, 2.45) is 0 Å². The Balaban J connectivity index is 0.000000845. The number of benzene rings is 1. The maximum Gasteiger partial charge on any atom is 0.0929 e. The van der Waals surface area contributed by atoms with Crippen LogP contribution in [0.25, 0.3) is 11.3 Å². The van der Waals surface area contributed by atoms with Gasteiger partial charge >= 0.3 is 0 Å². The Labute approximate surface area is 95.2 Å². The van der Waals surface area contributed by atoms with Crippen LogP contribution < -0.4 is 0 Å². The lowest BCUT2D eigenvalue weighted by atomic mass is 10.1. The predicted octanol–water partition coefficient (Wildman–Crippen LogP) is 2.99. The molecule has 0 aliphatic rings. The molecular formula is C10H10Cl2N2. The lowest BCUT2D eigenvalue weighted by molar-refractivity contribution is 1.04. The number of rotatable bonds is 1. The van der Waals surface area contributed by atoms with Crippen molar-refractivity contribution in [1.29, 1.82) is 0 Å². The summed E-state index contributed by atoms with van der Waals surface area (Å²) in [5, 5.41) is 7.81. The summed E-state index contributed by atoms with van der Waals surface area (Å²) in [7, 11) is 0. The first-order chi connectivity index (χ1) is 5.97. The van der Waals surface area contributed by atoms with Crippen LogP contribution in [0.5, 0.6) is 0 Å². The number of hydrogen-bond acceptors (Lipinski definition) is 2. The van der Waals surface area contributed by atoms with Crippen molar-refractivity contribution in [3.05, 3.63) is 48.7 Å². The molecule has 4 heteroatoms. The highest BCUT2D eigenvalue weighted by molar-refractivity contribution is 5.85. The molecule has 0 spiro atoms. The lowest BCUT2D eigenvalue weighted by Crippen LogP contribution is -1.83. The zero-order valence-electron chi connectivity index (χ0n) is 7.33. The van der Waals surface area contributed by atoms with E-state index in [4.69, 9.17) is 0 Å². The van der Waals surface area contributed by atoms with Crippen LogP contribution in [0, 0.1) is 0 Å². The third-order valence-electron chi connectivity index (χ3n) is 1.64. The lowest BCUT2D eigenvalue weighted by Gasteiger charge is -1.96. The molecule has 2 rings (SSSR count). The molecular weight excluding hydrogens is 219 g/mol. The van der Waals surface area contributed by atoms with E-state index in [1.807, 2.05) is 42.5 Å². The minimum Gasteiger partial charge on any atom is -0.159 e. The molecule has 0 bridgehead atoms. The highest BCUT2D eigenvalue weighted by Crippen LogP contribution is 2.13. The van der Waals surface area contributed by atoms with E-state index in [-0.39, 0.29) is 24.8 Å². The van der Waals surface area contributed by atoms with Gasteiger partial charge in [-0.25, -0.2) is 0 Å². The minimum absolute atomic E-state index is 0. The van der Waals surface area contributed by atoms with Crippen molar-refractivity contribution >= 4 is 24.8 Å². The Morgan fingerprint density at radius 3 is 2.07 bits per heavy atom. The molecule has 0 aliphatic heterocycles. The summed E-state index contributed by atoms with van der Waals surface area (Å²) in [5.41, 5.74) is 2.02. The Bertz CT molecular complexity index is 314. The highest BCUT2D eigenvalue weighted by atomic mass is 35.5.